The van der Waals surface area contributed by atoms with Crippen molar-refractivity contribution in [2.45, 2.75) is 44.8 Å². The van der Waals surface area contributed by atoms with Gasteiger partial charge in [-0.3, -0.25) is 10.1 Å². The van der Waals surface area contributed by atoms with Crippen molar-refractivity contribution in [3.05, 3.63) is 59.9 Å². The zero-order chi connectivity index (χ0) is 20.6. The van der Waals surface area contributed by atoms with Crippen LogP contribution in [0, 0.1) is 12.7 Å². The van der Waals surface area contributed by atoms with E-state index in [0.29, 0.717) is 17.9 Å². The first-order chi connectivity index (χ1) is 14.0. The van der Waals surface area contributed by atoms with Gasteiger partial charge in [0.1, 0.15) is 17.7 Å². The molecule has 6 nitrogen and oxygen atoms in total. The molecule has 29 heavy (non-hydrogen) atoms. The van der Waals surface area contributed by atoms with Crippen molar-refractivity contribution in [1.29, 1.82) is 0 Å². The molecule has 7 heteroatoms. The van der Waals surface area contributed by atoms with E-state index in [4.69, 9.17) is 9.47 Å². The topological polar surface area (TPSA) is 76.7 Å². The van der Waals surface area contributed by atoms with Gasteiger partial charge in [0, 0.05) is 18.2 Å². The number of hydrogen-bond acceptors (Lipinski definition) is 4. The van der Waals surface area contributed by atoms with Gasteiger partial charge in [-0.05, 0) is 68.1 Å². The van der Waals surface area contributed by atoms with Crippen molar-refractivity contribution in [3.63, 3.8) is 0 Å². The molecular formula is C22H25FN2O4. The van der Waals surface area contributed by atoms with Crippen molar-refractivity contribution in [2.75, 3.05) is 11.9 Å². The SMILES string of the molecule is Cc1cccc(OCC(=O)N[C@@H]2CCC[C@H](OC(=O)Nc3ccc(F)cc3)C2)c1. The minimum atomic E-state index is -0.587. The fourth-order valence-corrected chi connectivity index (χ4v) is 3.34. The van der Waals surface area contributed by atoms with Crippen LogP contribution in [-0.2, 0) is 9.53 Å². The molecular weight excluding hydrogens is 375 g/mol. The van der Waals surface area contributed by atoms with Gasteiger partial charge < -0.3 is 14.8 Å². The normalized spacial score (nSPS) is 18.6. The number of benzene rings is 2. The molecule has 154 valence electrons. The van der Waals surface area contributed by atoms with E-state index in [2.05, 4.69) is 10.6 Å². The molecule has 1 aliphatic carbocycles. The second-order valence-corrected chi connectivity index (χ2v) is 7.20. The number of amides is 2. The summed E-state index contributed by atoms with van der Waals surface area (Å²) in [6.45, 7) is 1.90. The second kappa shape index (κ2) is 9.91. The zero-order valence-electron chi connectivity index (χ0n) is 16.3. The first-order valence-electron chi connectivity index (χ1n) is 9.70. The van der Waals surface area contributed by atoms with Gasteiger partial charge in [-0.1, -0.05) is 12.1 Å². The van der Waals surface area contributed by atoms with Crippen LogP contribution >= 0.6 is 0 Å². The van der Waals surface area contributed by atoms with Crippen LogP contribution in [-0.4, -0.2) is 30.8 Å². The molecule has 2 atom stereocenters. The summed E-state index contributed by atoms with van der Waals surface area (Å²) >= 11 is 0. The second-order valence-electron chi connectivity index (χ2n) is 7.20. The molecule has 0 aliphatic heterocycles. The summed E-state index contributed by atoms with van der Waals surface area (Å²) in [6, 6.07) is 12.9. The average Bonchev–Trinajstić information content (AvgIpc) is 2.68. The Hall–Kier alpha value is -3.09. The van der Waals surface area contributed by atoms with Crippen molar-refractivity contribution in [3.8, 4) is 5.75 Å². The monoisotopic (exact) mass is 400 g/mol. The average molecular weight is 400 g/mol. The van der Waals surface area contributed by atoms with Crippen molar-refractivity contribution in [1.82, 2.24) is 5.32 Å². The lowest BCUT2D eigenvalue weighted by atomic mass is 9.93. The third kappa shape index (κ3) is 6.78. The summed E-state index contributed by atoms with van der Waals surface area (Å²) in [7, 11) is 0. The Kier molecular flexibility index (Phi) is 7.05. The highest BCUT2D eigenvalue weighted by atomic mass is 19.1. The Morgan fingerprint density at radius 2 is 1.93 bits per heavy atom. The molecule has 1 saturated carbocycles. The third-order valence-corrected chi connectivity index (χ3v) is 4.72. The number of rotatable bonds is 6. The number of carbonyl (C=O) groups is 2. The molecule has 2 N–H and O–H groups in total. The number of halogens is 1. The van der Waals surface area contributed by atoms with E-state index in [1.165, 1.54) is 24.3 Å². The summed E-state index contributed by atoms with van der Waals surface area (Å²) in [5.41, 5.74) is 1.53. The van der Waals surface area contributed by atoms with Crippen LogP contribution in [0.15, 0.2) is 48.5 Å². The maximum absolute atomic E-state index is 12.9. The number of nitrogens with one attached hydrogen (secondary N) is 2. The van der Waals surface area contributed by atoms with Gasteiger partial charge in [-0.15, -0.1) is 0 Å². The maximum atomic E-state index is 12.9. The van der Waals surface area contributed by atoms with Crippen LogP contribution in [0.4, 0.5) is 14.9 Å². The molecule has 0 bridgehead atoms. The predicted molar refractivity (Wildman–Crippen MR) is 107 cm³/mol. The molecule has 0 radical (unpaired) electrons. The molecule has 0 unspecified atom stereocenters. The van der Waals surface area contributed by atoms with Gasteiger partial charge in [-0.25, -0.2) is 9.18 Å². The molecule has 3 rings (SSSR count). The van der Waals surface area contributed by atoms with Crippen LogP contribution in [0.25, 0.3) is 0 Å². The highest BCUT2D eigenvalue weighted by Crippen LogP contribution is 2.22. The highest BCUT2D eigenvalue weighted by molar-refractivity contribution is 5.84. The molecule has 1 aliphatic rings. The number of ether oxygens (including phenoxy) is 2. The molecule has 0 saturated heterocycles. The van der Waals surface area contributed by atoms with Crippen LogP contribution < -0.4 is 15.4 Å². The lowest BCUT2D eigenvalue weighted by molar-refractivity contribution is -0.124. The quantitative estimate of drug-likeness (QED) is 0.762. The molecule has 1 fully saturated rings. The number of anilines is 1. The van der Waals surface area contributed by atoms with Crippen LogP contribution in [0.3, 0.4) is 0 Å². The number of carbonyl (C=O) groups excluding carboxylic acids is 2. The van der Waals surface area contributed by atoms with E-state index in [1.54, 1.807) is 0 Å². The molecule has 0 heterocycles. The Balaban J connectivity index is 1.41. The van der Waals surface area contributed by atoms with Crippen molar-refractivity contribution >= 4 is 17.7 Å². The van der Waals surface area contributed by atoms with E-state index in [1.807, 2.05) is 31.2 Å². The van der Waals surface area contributed by atoms with Gasteiger partial charge in [-0.2, -0.15) is 0 Å². The van der Waals surface area contributed by atoms with Gasteiger partial charge in [0.25, 0.3) is 5.91 Å². The summed E-state index contributed by atoms with van der Waals surface area (Å²) in [4.78, 5) is 24.2. The smallest absolute Gasteiger partial charge is 0.411 e. The summed E-state index contributed by atoms with van der Waals surface area (Å²) < 4.78 is 23.9. The first kappa shape index (κ1) is 20.6. The van der Waals surface area contributed by atoms with Crippen LogP contribution in [0.5, 0.6) is 5.75 Å². The molecule has 0 aromatic heterocycles. The molecule has 0 spiro atoms. The number of aryl methyl sites for hydroxylation is 1. The van der Waals surface area contributed by atoms with Gasteiger partial charge >= 0.3 is 6.09 Å². The van der Waals surface area contributed by atoms with Crippen molar-refractivity contribution in [2.24, 2.45) is 0 Å². The highest BCUT2D eigenvalue weighted by Gasteiger charge is 2.26. The van der Waals surface area contributed by atoms with Gasteiger partial charge in [0.15, 0.2) is 6.61 Å². The van der Waals surface area contributed by atoms with Crippen molar-refractivity contribution < 1.29 is 23.5 Å². The zero-order valence-corrected chi connectivity index (χ0v) is 16.3. The lowest BCUT2D eigenvalue weighted by Crippen LogP contribution is -2.43. The van der Waals surface area contributed by atoms with E-state index in [-0.39, 0.29) is 30.5 Å². The first-order valence-corrected chi connectivity index (χ1v) is 9.70. The Labute approximate surface area is 169 Å². The fraction of sp³-hybridized carbons (Fsp3) is 0.364. The molecule has 2 amide bonds. The lowest BCUT2D eigenvalue weighted by Gasteiger charge is -2.29. The minimum absolute atomic E-state index is 0.0590. The Morgan fingerprint density at radius 3 is 2.69 bits per heavy atom. The van der Waals surface area contributed by atoms with Crippen LogP contribution in [0.1, 0.15) is 31.2 Å². The predicted octanol–water partition coefficient (Wildman–Crippen LogP) is 4.19. The Morgan fingerprint density at radius 1 is 1.14 bits per heavy atom. The third-order valence-electron chi connectivity index (χ3n) is 4.72. The molecule has 2 aromatic carbocycles. The summed E-state index contributed by atoms with van der Waals surface area (Å²) in [5, 5.41) is 5.53. The van der Waals surface area contributed by atoms with E-state index < -0.39 is 6.09 Å². The van der Waals surface area contributed by atoms with Gasteiger partial charge in [0.2, 0.25) is 0 Å². The molecule has 2 aromatic rings. The summed E-state index contributed by atoms with van der Waals surface area (Å²) in [5.74, 6) is 0.0801. The summed E-state index contributed by atoms with van der Waals surface area (Å²) in [6.07, 6.45) is 2.09. The van der Waals surface area contributed by atoms with E-state index >= 15 is 0 Å². The van der Waals surface area contributed by atoms with Gasteiger partial charge in [0.05, 0.1) is 0 Å². The van der Waals surface area contributed by atoms with E-state index in [9.17, 15) is 14.0 Å². The maximum Gasteiger partial charge on any atom is 0.411 e. The van der Waals surface area contributed by atoms with Crippen LogP contribution in [0.2, 0.25) is 0 Å². The number of hydrogen-bond donors (Lipinski definition) is 2. The largest absolute Gasteiger partial charge is 0.484 e. The van der Waals surface area contributed by atoms with E-state index in [0.717, 1.165) is 24.8 Å². The Bertz CT molecular complexity index is 841. The minimum Gasteiger partial charge on any atom is -0.484 e. The standard InChI is InChI=1S/C22H25FN2O4/c1-15-4-2-6-19(12-15)28-14-21(26)24-18-5-3-7-20(13-18)29-22(27)25-17-10-8-16(23)9-11-17/h2,4,6,8-12,18,20H,3,5,7,13-14H2,1H3,(H,24,26)(H,25,27)/t18-,20+/m1/s1. The fourth-order valence-electron chi connectivity index (χ4n) is 3.34.